The number of aromatic nitrogens is 1. The van der Waals surface area contributed by atoms with Gasteiger partial charge in [0, 0.05) is 12.2 Å². The Balaban J connectivity index is 1.93. The molecular weight excluding hydrogens is 332 g/mol. The number of hydrogen-bond acceptors (Lipinski definition) is 8. The normalized spacial score (nSPS) is 14.6. The second kappa shape index (κ2) is 6.46. The lowest BCUT2D eigenvalue weighted by molar-refractivity contribution is -0.136. The van der Waals surface area contributed by atoms with Gasteiger partial charge in [0.15, 0.2) is 5.13 Å². The number of carbonyl (C=O) groups excluding carboxylic acids is 2. The number of anilines is 2. The topological polar surface area (TPSA) is 118 Å². The first-order valence-electron chi connectivity index (χ1n) is 7.18. The molecule has 0 unspecified atom stereocenters. The van der Waals surface area contributed by atoms with Gasteiger partial charge in [0.05, 0.1) is 36.1 Å². The number of nitrogens with zero attached hydrogens (tertiary/aromatic N) is 2. The molecule has 8 nitrogen and oxygen atoms in total. The molecular formula is C15H16N4O4S. The summed E-state index contributed by atoms with van der Waals surface area (Å²) >= 11 is 1.37. The fourth-order valence-electron chi connectivity index (χ4n) is 2.52. The molecule has 1 aromatic carbocycles. The van der Waals surface area contributed by atoms with Gasteiger partial charge in [-0.25, -0.2) is 9.78 Å². The Bertz CT molecular complexity index is 845. The van der Waals surface area contributed by atoms with Crippen molar-refractivity contribution in [1.29, 1.82) is 0 Å². The first kappa shape index (κ1) is 16.2. The van der Waals surface area contributed by atoms with Gasteiger partial charge in [-0.15, -0.1) is 0 Å². The van der Waals surface area contributed by atoms with Crippen molar-refractivity contribution >= 4 is 44.2 Å². The number of fused-ring (bicyclic) bond motifs is 1. The van der Waals surface area contributed by atoms with Crippen LogP contribution in [-0.2, 0) is 14.3 Å². The van der Waals surface area contributed by atoms with E-state index >= 15 is 0 Å². The number of rotatable bonds is 5. The number of thiazole rings is 1. The minimum Gasteiger partial charge on any atom is -0.466 e. The number of aliphatic hydroxyl groups is 1. The van der Waals surface area contributed by atoms with Crippen molar-refractivity contribution in [2.24, 2.45) is 0 Å². The Hall–Kier alpha value is -2.65. The van der Waals surface area contributed by atoms with Crippen LogP contribution >= 0.6 is 11.3 Å². The lowest BCUT2D eigenvalue weighted by atomic mass is 10.2. The standard InChI is InChI=1S/C15H16N4O4S/c1-23-14(22)9-7-19(4-5-20)13(21)12(9)17-8-2-3-11-10(6-8)18-15(16)24-11/h2-3,6,17,20H,4-5,7H2,1H3,(H2,16,18). The van der Waals surface area contributed by atoms with Crippen LogP contribution in [0.4, 0.5) is 10.8 Å². The number of aliphatic hydroxyl groups excluding tert-OH is 1. The molecule has 0 bridgehead atoms. The molecule has 126 valence electrons. The molecule has 0 radical (unpaired) electrons. The van der Waals surface area contributed by atoms with E-state index in [1.165, 1.54) is 23.3 Å². The maximum absolute atomic E-state index is 12.5. The third-order valence-electron chi connectivity index (χ3n) is 3.63. The third-order valence-corrected chi connectivity index (χ3v) is 4.49. The molecule has 9 heteroatoms. The predicted molar refractivity (Wildman–Crippen MR) is 90.4 cm³/mol. The maximum atomic E-state index is 12.5. The first-order chi connectivity index (χ1) is 11.5. The molecule has 1 amide bonds. The highest BCUT2D eigenvalue weighted by atomic mass is 32.1. The molecule has 1 aliphatic rings. The van der Waals surface area contributed by atoms with E-state index < -0.39 is 5.97 Å². The number of esters is 1. The number of β-amino-alcohol motifs (C(OH)–C–C–N with tert-alkyl or cyclic N) is 1. The minimum atomic E-state index is -0.578. The van der Waals surface area contributed by atoms with Crippen LogP contribution in [-0.4, -0.2) is 53.7 Å². The van der Waals surface area contributed by atoms with E-state index in [1.54, 1.807) is 12.1 Å². The summed E-state index contributed by atoms with van der Waals surface area (Å²) in [6, 6.07) is 5.38. The summed E-state index contributed by atoms with van der Waals surface area (Å²) in [7, 11) is 1.26. The Labute approximate surface area is 141 Å². The van der Waals surface area contributed by atoms with E-state index in [2.05, 4.69) is 10.3 Å². The molecule has 4 N–H and O–H groups in total. The summed E-state index contributed by atoms with van der Waals surface area (Å²) in [6.45, 7) is 0.0595. The van der Waals surface area contributed by atoms with Crippen LogP contribution in [0.25, 0.3) is 10.2 Å². The highest BCUT2D eigenvalue weighted by molar-refractivity contribution is 7.22. The molecule has 0 atom stereocenters. The fraction of sp³-hybridized carbons (Fsp3) is 0.267. The van der Waals surface area contributed by atoms with E-state index in [0.29, 0.717) is 16.3 Å². The highest BCUT2D eigenvalue weighted by Gasteiger charge is 2.34. The molecule has 0 saturated heterocycles. The Kier molecular flexibility index (Phi) is 4.36. The van der Waals surface area contributed by atoms with Gasteiger partial charge in [0.1, 0.15) is 5.70 Å². The number of carbonyl (C=O) groups is 2. The number of amides is 1. The highest BCUT2D eigenvalue weighted by Crippen LogP contribution is 2.28. The monoisotopic (exact) mass is 348 g/mol. The van der Waals surface area contributed by atoms with E-state index in [1.807, 2.05) is 6.07 Å². The molecule has 2 heterocycles. The van der Waals surface area contributed by atoms with Gasteiger partial charge in [-0.05, 0) is 18.2 Å². The summed E-state index contributed by atoms with van der Waals surface area (Å²) in [6.07, 6.45) is 0. The Morgan fingerprint density at radius 2 is 2.33 bits per heavy atom. The van der Waals surface area contributed by atoms with Crippen molar-refractivity contribution in [3.05, 3.63) is 29.5 Å². The summed E-state index contributed by atoms with van der Waals surface area (Å²) < 4.78 is 5.68. The van der Waals surface area contributed by atoms with Gasteiger partial charge in [0.25, 0.3) is 5.91 Å². The van der Waals surface area contributed by atoms with Crippen LogP contribution in [0.3, 0.4) is 0 Å². The van der Waals surface area contributed by atoms with Crippen molar-refractivity contribution in [3.8, 4) is 0 Å². The first-order valence-corrected chi connectivity index (χ1v) is 8.00. The lowest BCUT2D eigenvalue weighted by Gasteiger charge is -2.15. The minimum absolute atomic E-state index is 0.0975. The van der Waals surface area contributed by atoms with Crippen LogP contribution in [0.5, 0.6) is 0 Å². The zero-order valence-electron chi connectivity index (χ0n) is 12.9. The number of benzene rings is 1. The van der Waals surface area contributed by atoms with Crippen LogP contribution in [0.2, 0.25) is 0 Å². The van der Waals surface area contributed by atoms with E-state index in [9.17, 15) is 9.59 Å². The molecule has 1 aliphatic heterocycles. The van der Waals surface area contributed by atoms with E-state index in [4.69, 9.17) is 15.6 Å². The van der Waals surface area contributed by atoms with Crippen molar-refractivity contribution in [2.45, 2.75) is 0 Å². The van der Waals surface area contributed by atoms with E-state index in [0.717, 1.165) is 4.70 Å². The number of nitrogens with two attached hydrogens (primary N) is 1. The van der Waals surface area contributed by atoms with Gasteiger partial charge in [-0.3, -0.25) is 4.79 Å². The molecule has 0 fully saturated rings. The van der Waals surface area contributed by atoms with E-state index in [-0.39, 0.29) is 36.9 Å². The molecule has 0 saturated carbocycles. The van der Waals surface area contributed by atoms with Gasteiger partial charge >= 0.3 is 5.97 Å². The number of hydrogen-bond donors (Lipinski definition) is 3. The molecule has 3 rings (SSSR count). The van der Waals surface area contributed by atoms with Crippen LogP contribution < -0.4 is 11.1 Å². The lowest BCUT2D eigenvalue weighted by Crippen LogP contribution is -2.31. The summed E-state index contributed by atoms with van der Waals surface area (Å²) in [5.74, 6) is -0.937. The van der Waals surface area contributed by atoms with Gasteiger partial charge in [0.2, 0.25) is 0 Å². The molecule has 0 spiro atoms. The molecule has 0 aliphatic carbocycles. The average Bonchev–Trinajstić information content (AvgIpc) is 3.08. The Morgan fingerprint density at radius 1 is 1.54 bits per heavy atom. The third kappa shape index (κ3) is 2.91. The largest absolute Gasteiger partial charge is 0.466 e. The zero-order chi connectivity index (χ0) is 17.3. The van der Waals surface area contributed by atoms with Crippen molar-refractivity contribution < 1.29 is 19.4 Å². The van der Waals surface area contributed by atoms with Crippen molar-refractivity contribution in [3.63, 3.8) is 0 Å². The van der Waals surface area contributed by atoms with Gasteiger partial charge < -0.3 is 25.8 Å². The van der Waals surface area contributed by atoms with Crippen LogP contribution in [0.1, 0.15) is 0 Å². The molecule has 24 heavy (non-hydrogen) atoms. The summed E-state index contributed by atoms with van der Waals surface area (Å²) in [5, 5.41) is 12.5. The van der Waals surface area contributed by atoms with Crippen molar-refractivity contribution in [2.75, 3.05) is 37.9 Å². The van der Waals surface area contributed by atoms with Crippen molar-refractivity contribution in [1.82, 2.24) is 9.88 Å². The quantitative estimate of drug-likeness (QED) is 0.675. The van der Waals surface area contributed by atoms with Gasteiger partial charge in [-0.2, -0.15) is 0 Å². The zero-order valence-corrected chi connectivity index (χ0v) is 13.7. The molecule has 2 aromatic rings. The van der Waals surface area contributed by atoms with Gasteiger partial charge in [-0.1, -0.05) is 11.3 Å². The second-order valence-corrected chi connectivity index (χ2v) is 6.22. The Morgan fingerprint density at radius 3 is 3.04 bits per heavy atom. The number of nitrogen functional groups attached to an aromatic ring is 1. The number of methoxy groups -OCH3 is 1. The molecule has 1 aromatic heterocycles. The predicted octanol–water partition coefficient (Wildman–Crippen LogP) is 0.552. The average molecular weight is 348 g/mol. The van der Waals surface area contributed by atoms with Crippen LogP contribution in [0.15, 0.2) is 29.5 Å². The fourth-order valence-corrected chi connectivity index (χ4v) is 3.23. The number of nitrogens with one attached hydrogen (secondary N) is 1. The summed E-state index contributed by atoms with van der Waals surface area (Å²) in [5.41, 5.74) is 7.39. The smallest absolute Gasteiger partial charge is 0.337 e. The maximum Gasteiger partial charge on any atom is 0.337 e. The second-order valence-electron chi connectivity index (χ2n) is 5.16. The summed E-state index contributed by atoms with van der Waals surface area (Å²) in [4.78, 5) is 30.0. The number of ether oxygens (including phenoxy) is 1. The van der Waals surface area contributed by atoms with Crippen LogP contribution in [0, 0.1) is 0 Å². The SMILES string of the molecule is COC(=O)C1=C(Nc2ccc3sc(N)nc3c2)C(=O)N(CCO)C1.